The summed E-state index contributed by atoms with van der Waals surface area (Å²) in [6, 6.07) is 8.42. The first-order valence-electron chi connectivity index (χ1n) is 8.03. The number of benzene rings is 1. The van der Waals surface area contributed by atoms with E-state index in [1.165, 1.54) is 42.4 Å². The van der Waals surface area contributed by atoms with Crippen molar-refractivity contribution in [2.75, 3.05) is 13.2 Å². The van der Waals surface area contributed by atoms with Crippen LogP contribution in [-0.4, -0.2) is 23.1 Å². The van der Waals surface area contributed by atoms with Crippen molar-refractivity contribution in [2.45, 2.75) is 44.2 Å². The summed E-state index contributed by atoms with van der Waals surface area (Å²) >= 11 is 1.63. The molecule has 1 atom stereocenters. The maximum absolute atomic E-state index is 6.01. The van der Waals surface area contributed by atoms with Crippen molar-refractivity contribution in [1.29, 1.82) is 0 Å². The number of ether oxygens (including phenoxy) is 1. The molecule has 0 bridgehead atoms. The van der Waals surface area contributed by atoms with E-state index in [-0.39, 0.29) is 5.60 Å². The van der Waals surface area contributed by atoms with Crippen molar-refractivity contribution in [3.63, 3.8) is 0 Å². The van der Waals surface area contributed by atoms with E-state index in [1.807, 2.05) is 0 Å². The van der Waals surface area contributed by atoms with E-state index in [4.69, 9.17) is 4.74 Å². The fraction of sp³-hybridized carbons (Fsp3) is 0.588. The van der Waals surface area contributed by atoms with Crippen LogP contribution in [0.3, 0.4) is 0 Å². The Bertz CT molecular complexity index is 620. The first-order valence-corrected chi connectivity index (χ1v) is 8.80. The zero-order valence-electron chi connectivity index (χ0n) is 12.3. The lowest BCUT2D eigenvalue weighted by Crippen LogP contribution is -2.47. The molecule has 0 amide bonds. The maximum Gasteiger partial charge on any atom is 0.0844 e. The molecule has 1 saturated carbocycles. The van der Waals surface area contributed by atoms with E-state index >= 15 is 0 Å². The fourth-order valence-electron chi connectivity index (χ4n) is 3.68. The van der Waals surface area contributed by atoms with Crippen molar-refractivity contribution in [1.82, 2.24) is 9.69 Å². The minimum Gasteiger partial charge on any atom is -0.375 e. The van der Waals surface area contributed by atoms with Crippen LogP contribution in [-0.2, 0) is 11.3 Å². The third-order valence-electron chi connectivity index (χ3n) is 5.04. The first-order chi connectivity index (χ1) is 10.3. The summed E-state index contributed by atoms with van der Waals surface area (Å²) < 4.78 is 10.5. The van der Waals surface area contributed by atoms with Gasteiger partial charge in [-0.1, -0.05) is 18.2 Å². The van der Waals surface area contributed by atoms with Crippen LogP contribution in [0.15, 0.2) is 24.3 Å². The van der Waals surface area contributed by atoms with Crippen LogP contribution in [0.2, 0.25) is 0 Å². The van der Waals surface area contributed by atoms with Gasteiger partial charge in [-0.25, -0.2) is 0 Å². The molecule has 2 aromatic rings. The first kappa shape index (κ1) is 13.7. The minimum absolute atomic E-state index is 0.266. The van der Waals surface area contributed by atoms with Gasteiger partial charge in [-0.2, -0.15) is 4.37 Å². The van der Waals surface area contributed by atoms with Gasteiger partial charge in [-0.15, -0.1) is 0 Å². The zero-order chi connectivity index (χ0) is 14.1. The number of nitrogens with zero attached hydrogens (tertiary/aromatic N) is 1. The molecule has 2 aliphatic rings. The summed E-state index contributed by atoms with van der Waals surface area (Å²) in [5.74, 6) is 0.776. The SMILES string of the molecule is c1ccc2c(CNCC3CCOC4(CCC4)C3)snc2c1. The maximum atomic E-state index is 6.01. The van der Waals surface area contributed by atoms with E-state index in [0.29, 0.717) is 0 Å². The summed E-state index contributed by atoms with van der Waals surface area (Å²) in [4.78, 5) is 1.36. The minimum atomic E-state index is 0.266. The number of fused-ring (bicyclic) bond motifs is 1. The summed E-state index contributed by atoms with van der Waals surface area (Å²) in [5, 5.41) is 4.95. The average molecular weight is 302 g/mol. The normalized spacial score (nSPS) is 24.3. The van der Waals surface area contributed by atoms with Gasteiger partial charge in [-0.3, -0.25) is 0 Å². The van der Waals surface area contributed by atoms with Crippen molar-refractivity contribution < 1.29 is 4.74 Å². The molecular formula is C17H22N2OS. The monoisotopic (exact) mass is 302 g/mol. The van der Waals surface area contributed by atoms with Gasteiger partial charge in [0.1, 0.15) is 0 Å². The smallest absolute Gasteiger partial charge is 0.0844 e. The van der Waals surface area contributed by atoms with Crippen LogP contribution in [0, 0.1) is 5.92 Å². The summed E-state index contributed by atoms with van der Waals surface area (Å²) in [5.41, 5.74) is 1.39. The van der Waals surface area contributed by atoms with Gasteiger partial charge >= 0.3 is 0 Å². The number of hydrogen-bond acceptors (Lipinski definition) is 4. The average Bonchev–Trinajstić information content (AvgIpc) is 2.90. The third-order valence-corrected chi connectivity index (χ3v) is 5.91. The lowest BCUT2D eigenvalue weighted by molar-refractivity contribution is -0.142. The second kappa shape index (κ2) is 5.67. The van der Waals surface area contributed by atoms with Crippen LogP contribution in [0.1, 0.15) is 37.0 Å². The fourth-order valence-corrected chi connectivity index (χ4v) is 4.49. The predicted octanol–water partition coefficient (Wildman–Crippen LogP) is 3.74. The van der Waals surface area contributed by atoms with Crippen LogP contribution in [0.4, 0.5) is 0 Å². The lowest BCUT2D eigenvalue weighted by Gasteiger charge is -2.47. The topological polar surface area (TPSA) is 34.1 Å². The van der Waals surface area contributed by atoms with E-state index < -0.39 is 0 Å². The Morgan fingerprint density at radius 2 is 2.24 bits per heavy atom. The molecule has 3 nitrogen and oxygen atoms in total. The molecule has 2 heterocycles. The van der Waals surface area contributed by atoms with E-state index in [2.05, 4.69) is 34.0 Å². The zero-order valence-corrected chi connectivity index (χ0v) is 13.1. The number of nitrogens with one attached hydrogen (secondary N) is 1. The van der Waals surface area contributed by atoms with Gasteiger partial charge < -0.3 is 10.1 Å². The highest BCUT2D eigenvalue weighted by Crippen LogP contribution is 2.44. The van der Waals surface area contributed by atoms with Crippen LogP contribution in [0.25, 0.3) is 10.9 Å². The van der Waals surface area contributed by atoms with Crippen molar-refractivity contribution in [3.05, 3.63) is 29.1 Å². The highest BCUT2D eigenvalue weighted by Gasteiger charge is 2.42. The molecule has 1 aliphatic heterocycles. The second-order valence-electron chi connectivity index (χ2n) is 6.50. The Morgan fingerprint density at radius 3 is 3.10 bits per heavy atom. The summed E-state index contributed by atoms with van der Waals surface area (Å²) in [6.07, 6.45) is 6.38. The molecule has 21 heavy (non-hydrogen) atoms. The van der Waals surface area contributed by atoms with E-state index in [0.717, 1.165) is 31.1 Å². The summed E-state index contributed by atoms with van der Waals surface area (Å²) in [6.45, 7) is 3.00. The molecule has 4 heteroatoms. The molecule has 1 aromatic heterocycles. The largest absolute Gasteiger partial charge is 0.375 e. The Morgan fingerprint density at radius 1 is 1.33 bits per heavy atom. The Kier molecular flexibility index (Phi) is 3.69. The van der Waals surface area contributed by atoms with Crippen molar-refractivity contribution >= 4 is 22.4 Å². The summed E-state index contributed by atoms with van der Waals surface area (Å²) in [7, 11) is 0. The van der Waals surface area contributed by atoms with Gasteiger partial charge in [0.15, 0.2) is 0 Å². The number of aromatic nitrogens is 1. The lowest BCUT2D eigenvalue weighted by atomic mass is 9.72. The molecule has 1 aromatic carbocycles. The van der Waals surface area contributed by atoms with Gasteiger partial charge in [0, 0.05) is 23.4 Å². The van der Waals surface area contributed by atoms with E-state index in [9.17, 15) is 0 Å². The second-order valence-corrected chi connectivity index (χ2v) is 7.36. The van der Waals surface area contributed by atoms with Crippen molar-refractivity contribution in [2.24, 2.45) is 5.92 Å². The highest BCUT2D eigenvalue weighted by atomic mass is 32.1. The molecule has 0 radical (unpaired) electrons. The van der Waals surface area contributed by atoms with Crippen LogP contribution < -0.4 is 5.32 Å². The molecule has 2 fully saturated rings. The molecule has 4 rings (SSSR count). The molecule has 1 N–H and O–H groups in total. The van der Waals surface area contributed by atoms with E-state index in [1.54, 1.807) is 11.5 Å². The standard InChI is InChI=1S/C17H22N2OS/c1-2-5-15-14(4-1)16(21-19-15)12-18-11-13-6-9-20-17(10-13)7-3-8-17/h1-2,4-5,13,18H,3,6-12H2. The Balaban J connectivity index is 1.33. The number of rotatable bonds is 4. The molecule has 112 valence electrons. The van der Waals surface area contributed by atoms with Crippen molar-refractivity contribution in [3.8, 4) is 0 Å². The molecule has 1 saturated heterocycles. The third kappa shape index (κ3) is 2.72. The van der Waals surface area contributed by atoms with Crippen LogP contribution in [0.5, 0.6) is 0 Å². The molecule has 1 aliphatic carbocycles. The highest BCUT2D eigenvalue weighted by molar-refractivity contribution is 7.07. The van der Waals surface area contributed by atoms with Gasteiger partial charge in [0.2, 0.25) is 0 Å². The quantitative estimate of drug-likeness (QED) is 0.934. The van der Waals surface area contributed by atoms with Crippen LogP contribution >= 0.6 is 11.5 Å². The Labute approximate surface area is 129 Å². The predicted molar refractivity (Wildman–Crippen MR) is 86.6 cm³/mol. The van der Waals surface area contributed by atoms with Gasteiger partial charge in [0.05, 0.1) is 11.1 Å². The molecular weight excluding hydrogens is 280 g/mol. The number of hydrogen-bond donors (Lipinski definition) is 1. The van der Waals surface area contributed by atoms with Gasteiger partial charge in [0.25, 0.3) is 0 Å². The molecule has 1 unspecified atom stereocenters. The Hall–Kier alpha value is -0.970. The molecule has 1 spiro atoms. The van der Waals surface area contributed by atoms with Gasteiger partial charge in [-0.05, 0) is 62.2 Å².